The molecule has 0 bridgehead atoms. The fourth-order valence-corrected chi connectivity index (χ4v) is 3.43. The SMILES string of the molecule is COc1ccsc1C(Cc1ccnc2ccccc12)NN. The molecule has 3 N–H and O–H groups in total. The first-order chi connectivity index (χ1) is 10.3. The van der Waals surface area contributed by atoms with Crippen molar-refractivity contribution in [2.24, 2.45) is 5.84 Å². The predicted molar refractivity (Wildman–Crippen MR) is 86.4 cm³/mol. The number of nitrogens with two attached hydrogens (primary N) is 1. The maximum Gasteiger partial charge on any atom is 0.134 e. The van der Waals surface area contributed by atoms with Crippen LogP contribution in [0.2, 0.25) is 0 Å². The summed E-state index contributed by atoms with van der Waals surface area (Å²) >= 11 is 1.65. The second-order valence-corrected chi connectivity index (χ2v) is 5.71. The molecule has 1 aromatic carbocycles. The average Bonchev–Trinajstić information content (AvgIpc) is 3.01. The van der Waals surface area contributed by atoms with Gasteiger partial charge in [-0.05, 0) is 35.6 Å². The lowest BCUT2D eigenvalue weighted by Crippen LogP contribution is -2.29. The maximum absolute atomic E-state index is 5.76. The number of hydrogen-bond acceptors (Lipinski definition) is 5. The molecule has 108 valence electrons. The Hall–Kier alpha value is -1.95. The van der Waals surface area contributed by atoms with Crippen LogP contribution >= 0.6 is 11.3 Å². The van der Waals surface area contributed by atoms with Crippen LogP contribution in [0.5, 0.6) is 5.75 Å². The number of aromatic nitrogens is 1. The summed E-state index contributed by atoms with van der Waals surface area (Å²) in [5.74, 6) is 6.64. The van der Waals surface area contributed by atoms with Crippen LogP contribution < -0.4 is 16.0 Å². The fourth-order valence-electron chi connectivity index (χ4n) is 2.51. The maximum atomic E-state index is 5.76. The van der Waals surface area contributed by atoms with Crippen molar-refractivity contribution >= 4 is 22.2 Å². The molecule has 3 rings (SSSR count). The summed E-state index contributed by atoms with van der Waals surface area (Å²) < 4.78 is 5.40. The predicted octanol–water partition coefficient (Wildman–Crippen LogP) is 3.05. The van der Waals surface area contributed by atoms with E-state index >= 15 is 0 Å². The third-order valence-corrected chi connectivity index (χ3v) is 4.57. The number of benzene rings is 1. The Balaban J connectivity index is 1.96. The number of rotatable bonds is 5. The number of thiophene rings is 1. The van der Waals surface area contributed by atoms with Gasteiger partial charge in [0, 0.05) is 11.6 Å². The number of pyridine rings is 1. The lowest BCUT2D eigenvalue weighted by Gasteiger charge is -2.17. The van der Waals surface area contributed by atoms with E-state index in [1.807, 2.05) is 41.9 Å². The van der Waals surface area contributed by atoms with Crippen LogP contribution in [0.1, 0.15) is 16.5 Å². The van der Waals surface area contributed by atoms with E-state index < -0.39 is 0 Å². The van der Waals surface area contributed by atoms with E-state index in [1.54, 1.807) is 18.4 Å². The molecular formula is C16H17N3OS. The molecule has 0 aliphatic carbocycles. The molecule has 21 heavy (non-hydrogen) atoms. The largest absolute Gasteiger partial charge is 0.496 e. The van der Waals surface area contributed by atoms with Gasteiger partial charge >= 0.3 is 0 Å². The third-order valence-electron chi connectivity index (χ3n) is 3.56. The molecule has 1 unspecified atom stereocenters. The Labute approximate surface area is 127 Å². The number of para-hydroxylation sites is 1. The van der Waals surface area contributed by atoms with E-state index in [0.717, 1.165) is 28.0 Å². The minimum atomic E-state index is 0.0192. The summed E-state index contributed by atoms with van der Waals surface area (Å²) in [5, 5.41) is 3.18. The van der Waals surface area contributed by atoms with Gasteiger partial charge in [0.25, 0.3) is 0 Å². The van der Waals surface area contributed by atoms with Gasteiger partial charge in [0.2, 0.25) is 0 Å². The highest BCUT2D eigenvalue weighted by atomic mass is 32.1. The smallest absolute Gasteiger partial charge is 0.134 e. The molecule has 0 fully saturated rings. The zero-order valence-electron chi connectivity index (χ0n) is 11.7. The molecule has 0 aliphatic heterocycles. The molecule has 0 amide bonds. The fraction of sp³-hybridized carbons (Fsp3) is 0.188. The topological polar surface area (TPSA) is 60.2 Å². The van der Waals surface area contributed by atoms with Crippen molar-refractivity contribution < 1.29 is 4.74 Å². The van der Waals surface area contributed by atoms with E-state index in [2.05, 4.69) is 16.5 Å². The highest BCUT2D eigenvalue weighted by Gasteiger charge is 2.18. The normalized spacial score (nSPS) is 12.5. The van der Waals surface area contributed by atoms with Gasteiger partial charge in [-0.1, -0.05) is 18.2 Å². The molecule has 4 nitrogen and oxygen atoms in total. The molecule has 0 saturated heterocycles. The van der Waals surface area contributed by atoms with Crippen LogP contribution in [0, 0.1) is 0 Å². The number of nitrogens with zero attached hydrogens (tertiary/aromatic N) is 1. The zero-order chi connectivity index (χ0) is 14.7. The van der Waals surface area contributed by atoms with E-state index in [1.165, 1.54) is 5.56 Å². The second kappa shape index (κ2) is 6.22. The van der Waals surface area contributed by atoms with Gasteiger partial charge in [0.05, 0.1) is 23.5 Å². The quantitative estimate of drug-likeness (QED) is 0.561. The first-order valence-corrected chi connectivity index (χ1v) is 7.61. The number of fused-ring (bicyclic) bond motifs is 1. The highest BCUT2D eigenvalue weighted by Crippen LogP contribution is 2.33. The van der Waals surface area contributed by atoms with E-state index in [-0.39, 0.29) is 6.04 Å². The number of nitrogens with one attached hydrogen (secondary N) is 1. The molecular weight excluding hydrogens is 282 g/mol. The van der Waals surface area contributed by atoms with Gasteiger partial charge in [0.1, 0.15) is 5.75 Å². The van der Waals surface area contributed by atoms with Crippen molar-refractivity contribution in [1.29, 1.82) is 0 Å². The summed E-state index contributed by atoms with van der Waals surface area (Å²) in [6.45, 7) is 0. The molecule has 0 spiro atoms. The Kier molecular flexibility index (Phi) is 4.15. The van der Waals surface area contributed by atoms with E-state index in [9.17, 15) is 0 Å². The molecule has 1 atom stereocenters. The van der Waals surface area contributed by atoms with Crippen LogP contribution in [0.15, 0.2) is 48.0 Å². The lowest BCUT2D eigenvalue weighted by atomic mass is 10.0. The number of ether oxygens (including phenoxy) is 1. The monoisotopic (exact) mass is 299 g/mol. The number of hydrogen-bond donors (Lipinski definition) is 2. The van der Waals surface area contributed by atoms with Crippen molar-refractivity contribution in [3.05, 3.63) is 58.4 Å². The molecule has 0 aliphatic rings. The Bertz CT molecular complexity index is 736. The first-order valence-electron chi connectivity index (χ1n) is 6.73. The lowest BCUT2D eigenvalue weighted by molar-refractivity contribution is 0.403. The van der Waals surface area contributed by atoms with Crippen molar-refractivity contribution in [3.63, 3.8) is 0 Å². The Morgan fingerprint density at radius 2 is 2.14 bits per heavy atom. The Morgan fingerprint density at radius 3 is 2.95 bits per heavy atom. The minimum absolute atomic E-state index is 0.0192. The van der Waals surface area contributed by atoms with E-state index in [4.69, 9.17) is 10.6 Å². The van der Waals surface area contributed by atoms with Crippen LogP contribution in [-0.2, 0) is 6.42 Å². The summed E-state index contributed by atoms with van der Waals surface area (Å²) in [6, 6.07) is 12.2. The standard InChI is InChI=1S/C16H17N3OS/c1-20-15-7-9-21-16(15)14(19-17)10-11-6-8-18-13-5-3-2-4-12(11)13/h2-9,14,19H,10,17H2,1H3. The molecule has 0 saturated carbocycles. The van der Waals surface area contributed by atoms with Crippen molar-refractivity contribution in [3.8, 4) is 5.75 Å². The summed E-state index contributed by atoms with van der Waals surface area (Å²) in [7, 11) is 1.68. The molecule has 2 heterocycles. The van der Waals surface area contributed by atoms with Crippen LogP contribution in [0.4, 0.5) is 0 Å². The zero-order valence-corrected chi connectivity index (χ0v) is 12.6. The molecule has 2 aromatic heterocycles. The van der Waals surface area contributed by atoms with Crippen LogP contribution in [0.3, 0.4) is 0 Å². The number of hydrazine groups is 1. The van der Waals surface area contributed by atoms with Gasteiger partial charge in [-0.2, -0.15) is 0 Å². The summed E-state index contributed by atoms with van der Waals surface area (Å²) in [5.41, 5.74) is 5.13. The van der Waals surface area contributed by atoms with Crippen molar-refractivity contribution in [2.75, 3.05) is 7.11 Å². The summed E-state index contributed by atoms with van der Waals surface area (Å²) in [6.07, 6.45) is 2.63. The van der Waals surface area contributed by atoms with Crippen molar-refractivity contribution in [1.82, 2.24) is 10.4 Å². The second-order valence-electron chi connectivity index (χ2n) is 4.76. The average molecular weight is 299 g/mol. The van der Waals surface area contributed by atoms with E-state index in [0.29, 0.717) is 0 Å². The number of methoxy groups -OCH3 is 1. The van der Waals surface area contributed by atoms with Gasteiger partial charge in [0.15, 0.2) is 0 Å². The summed E-state index contributed by atoms with van der Waals surface area (Å²) in [4.78, 5) is 5.51. The van der Waals surface area contributed by atoms with Crippen molar-refractivity contribution in [2.45, 2.75) is 12.5 Å². The van der Waals surface area contributed by atoms with Crippen LogP contribution in [0.25, 0.3) is 10.9 Å². The third kappa shape index (κ3) is 2.76. The molecule has 5 heteroatoms. The van der Waals surface area contributed by atoms with Gasteiger partial charge < -0.3 is 4.74 Å². The minimum Gasteiger partial charge on any atom is -0.496 e. The Morgan fingerprint density at radius 1 is 1.29 bits per heavy atom. The first kappa shape index (κ1) is 14.0. The molecule has 3 aromatic rings. The highest BCUT2D eigenvalue weighted by molar-refractivity contribution is 7.10. The van der Waals surface area contributed by atoms with Gasteiger partial charge in [-0.25, -0.2) is 0 Å². The van der Waals surface area contributed by atoms with Gasteiger partial charge in [-0.15, -0.1) is 11.3 Å². The molecule has 0 radical (unpaired) electrons. The van der Waals surface area contributed by atoms with Crippen LogP contribution in [-0.4, -0.2) is 12.1 Å². The van der Waals surface area contributed by atoms with Gasteiger partial charge in [-0.3, -0.25) is 16.3 Å².